The average Bonchev–Trinajstić information content (AvgIpc) is 2.78. The highest BCUT2D eigenvalue weighted by Crippen LogP contribution is 2.26. The number of carbonyl (C=O) groups excluding carboxylic acids is 2. The summed E-state index contributed by atoms with van der Waals surface area (Å²) in [7, 11) is 1.68. The van der Waals surface area contributed by atoms with Crippen LogP contribution in [0.5, 0.6) is 0 Å². The number of piperidine rings is 1. The number of carbonyl (C=O) groups is 2. The molecule has 0 spiro atoms. The van der Waals surface area contributed by atoms with Gasteiger partial charge in [0.05, 0.1) is 0 Å². The van der Waals surface area contributed by atoms with Crippen LogP contribution in [-0.4, -0.2) is 72.5 Å². The molecule has 2 atom stereocenters. The van der Waals surface area contributed by atoms with Gasteiger partial charge in [-0.3, -0.25) is 9.59 Å². The van der Waals surface area contributed by atoms with Crippen LogP contribution in [0, 0.1) is 17.8 Å². The largest absolute Gasteiger partial charge is 0.385 e. The van der Waals surface area contributed by atoms with Gasteiger partial charge >= 0.3 is 0 Å². The average molecular weight is 549 g/mol. The highest BCUT2D eigenvalue weighted by Gasteiger charge is 2.35. The first-order chi connectivity index (χ1) is 16.0. The molecule has 2 N–H and O–H groups in total. The highest BCUT2D eigenvalue weighted by atomic mass is 35.5. The van der Waals surface area contributed by atoms with Gasteiger partial charge in [0, 0.05) is 69.4 Å². The second-order valence-electron chi connectivity index (χ2n) is 11.1. The number of aromatic nitrogens is 2. The zero-order valence-electron chi connectivity index (χ0n) is 23.2. The molecule has 1 aromatic rings. The van der Waals surface area contributed by atoms with Gasteiger partial charge in [0.25, 0.3) is 5.91 Å². The van der Waals surface area contributed by atoms with E-state index in [0.29, 0.717) is 56.4 Å². The number of halogens is 2. The zero-order valence-corrected chi connectivity index (χ0v) is 24.9. The Morgan fingerprint density at radius 3 is 2.42 bits per heavy atom. The second-order valence-corrected chi connectivity index (χ2v) is 11.1. The number of hydrogen-bond donors (Lipinski definition) is 2. The van der Waals surface area contributed by atoms with Gasteiger partial charge in [-0.1, -0.05) is 48.5 Å². The van der Waals surface area contributed by atoms with Gasteiger partial charge < -0.3 is 20.3 Å². The number of ether oxygens (including phenoxy) is 1. The van der Waals surface area contributed by atoms with Gasteiger partial charge in [-0.2, -0.15) is 0 Å². The predicted octanol–water partition coefficient (Wildman–Crippen LogP) is 4.37. The van der Waals surface area contributed by atoms with Crippen molar-refractivity contribution in [1.82, 2.24) is 20.2 Å². The van der Waals surface area contributed by atoms with Crippen molar-refractivity contribution in [2.45, 2.75) is 72.8 Å². The molecular weight excluding hydrogens is 501 g/mol. The lowest BCUT2D eigenvalue weighted by molar-refractivity contribution is -0.126. The molecule has 2 heterocycles. The number of Topliss-reactive ketones (excluding diaryl/α,β-unsaturated/α-hetero) is 1. The van der Waals surface area contributed by atoms with Crippen molar-refractivity contribution in [3.8, 4) is 0 Å². The van der Waals surface area contributed by atoms with Crippen LogP contribution in [0.25, 0.3) is 0 Å². The predicted molar refractivity (Wildman–Crippen MR) is 151 cm³/mol. The van der Waals surface area contributed by atoms with Crippen molar-refractivity contribution in [2.75, 3.05) is 45.2 Å². The zero-order chi connectivity index (χ0) is 25.5. The third kappa shape index (κ3) is 9.77. The first kappa shape index (κ1) is 34.5. The molecule has 36 heavy (non-hydrogen) atoms. The van der Waals surface area contributed by atoms with E-state index < -0.39 is 0 Å². The topological polar surface area (TPSA) is 96.4 Å². The minimum absolute atomic E-state index is 0. The molecule has 1 fully saturated rings. The van der Waals surface area contributed by atoms with Crippen LogP contribution >= 0.6 is 24.8 Å². The summed E-state index contributed by atoms with van der Waals surface area (Å²) in [6, 6.07) is -0.0556. The van der Waals surface area contributed by atoms with Crippen LogP contribution in [0.15, 0.2) is 6.20 Å². The summed E-state index contributed by atoms with van der Waals surface area (Å²) in [6.45, 7) is 17.5. The van der Waals surface area contributed by atoms with Crippen LogP contribution in [0.4, 0.5) is 5.82 Å². The Morgan fingerprint density at radius 2 is 1.86 bits per heavy atom. The van der Waals surface area contributed by atoms with Gasteiger partial charge in [0.15, 0.2) is 0 Å². The number of nitrogens with one attached hydrogen (secondary N) is 2. The molecule has 2 rings (SSSR count). The number of hydrogen-bond acceptors (Lipinski definition) is 7. The van der Waals surface area contributed by atoms with E-state index in [9.17, 15) is 9.59 Å². The SMILES string of the molecule is COCCCNc1nc(C(C)(C)C)ncc1C(=O)N(CC(C)C)[C@@H]1CNC[C@H](C(=O)C(C)C)C1.Cl.Cl. The molecule has 10 heteroatoms. The van der Waals surface area contributed by atoms with Gasteiger partial charge in [0.1, 0.15) is 23.0 Å². The van der Waals surface area contributed by atoms with Crippen LogP contribution in [0.1, 0.15) is 77.5 Å². The van der Waals surface area contributed by atoms with Gasteiger partial charge in [-0.05, 0) is 18.8 Å². The van der Waals surface area contributed by atoms with E-state index in [2.05, 4.69) is 50.2 Å². The van der Waals surface area contributed by atoms with E-state index in [4.69, 9.17) is 9.72 Å². The number of methoxy groups -OCH3 is 1. The summed E-state index contributed by atoms with van der Waals surface area (Å²) in [5.41, 5.74) is 0.239. The summed E-state index contributed by atoms with van der Waals surface area (Å²) in [5, 5.41) is 6.74. The summed E-state index contributed by atoms with van der Waals surface area (Å²) in [5.74, 6) is 1.62. The monoisotopic (exact) mass is 547 g/mol. The molecule has 8 nitrogen and oxygen atoms in total. The summed E-state index contributed by atoms with van der Waals surface area (Å²) >= 11 is 0. The molecule has 208 valence electrons. The van der Waals surface area contributed by atoms with E-state index in [0.717, 1.165) is 6.42 Å². The maximum absolute atomic E-state index is 13.9. The smallest absolute Gasteiger partial charge is 0.259 e. The second kappa shape index (κ2) is 15.7. The number of nitrogens with zero attached hydrogens (tertiary/aromatic N) is 3. The van der Waals surface area contributed by atoms with Crippen molar-refractivity contribution < 1.29 is 14.3 Å². The Balaban J connectivity index is 0.00000612. The summed E-state index contributed by atoms with van der Waals surface area (Å²) in [4.78, 5) is 37.9. The molecule has 0 radical (unpaired) electrons. The molecule has 0 aromatic carbocycles. The van der Waals surface area contributed by atoms with Crippen molar-refractivity contribution >= 4 is 42.3 Å². The molecule has 1 aliphatic rings. The minimum Gasteiger partial charge on any atom is -0.385 e. The number of anilines is 1. The molecule has 0 bridgehead atoms. The molecule has 1 aromatic heterocycles. The Hall–Kier alpha value is -1.48. The van der Waals surface area contributed by atoms with Crippen LogP contribution in [-0.2, 0) is 14.9 Å². The van der Waals surface area contributed by atoms with E-state index in [1.54, 1.807) is 13.3 Å². The Bertz CT molecular complexity index is 830. The third-order valence-electron chi connectivity index (χ3n) is 6.07. The number of rotatable bonds is 11. The fraction of sp³-hybridized carbons (Fsp3) is 0.769. The summed E-state index contributed by atoms with van der Waals surface area (Å²) < 4.78 is 5.16. The quantitative estimate of drug-likeness (QED) is 0.397. The maximum Gasteiger partial charge on any atom is 0.259 e. The Labute approximate surface area is 229 Å². The third-order valence-corrected chi connectivity index (χ3v) is 6.07. The van der Waals surface area contributed by atoms with Crippen LogP contribution in [0.2, 0.25) is 0 Å². The minimum atomic E-state index is -0.236. The van der Waals surface area contributed by atoms with Crippen molar-refractivity contribution in [3.63, 3.8) is 0 Å². The highest BCUT2D eigenvalue weighted by molar-refractivity contribution is 5.98. The lowest BCUT2D eigenvalue weighted by Gasteiger charge is -2.39. The fourth-order valence-corrected chi connectivity index (χ4v) is 4.25. The Morgan fingerprint density at radius 1 is 1.19 bits per heavy atom. The number of ketones is 1. The first-order valence-corrected chi connectivity index (χ1v) is 12.6. The van der Waals surface area contributed by atoms with Gasteiger partial charge in [0.2, 0.25) is 0 Å². The fourth-order valence-electron chi connectivity index (χ4n) is 4.25. The standard InChI is InChI=1S/C26H45N5O3.2ClH/c1-17(2)16-31(20-12-19(13-27-14-20)22(32)18(3)4)24(33)21-15-29-25(26(5,6)7)30-23(21)28-10-9-11-34-8;;/h15,17-20,27H,9-14,16H2,1-8H3,(H,28,29,30);2*1H/t19-,20+;;/m1../s1. The van der Waals surface area contributed by atoms with Crippen molar-refractivity contribution in [3.05, 3.63) is 17.6 Å². The molecule has 1 amide bonds. The molecule has 0 aliphatic carbocycles. The van der Waals surface area contributed by atoms with E-state index in [-0.39, 0.29) is 65.7 Å². The van der Waals surface area contributed by atoms with Crippen molar-refractivity contribution in [2.24, 2.45) is 17.8 Å². The normalized spacial score (nSPS) is 17.8. The molecular formula is C26H47Cl2N5O3. The van der Waals surface area contributed by atoms with E-state index in [1.807, 2.05) is 18.7 Å². The van der Waals surface area contributed by atoms with Crippen molar-refractivity contribution in [1.29, 1.82) is 0 Å². The molecule has 0 saturated carbocycles. The first-order valence-electron chi connectivity index (χ1n) is 12.6. The maximum atomic E-state index is 13.9. The van der Waals surface area contributed by atoms with E-state index in [1.165, 1.54) is 0 Å². The van der Waals surface area contributed by atoms with Crippen LogP contribution < -0.4 is 10.6 Å². The van der Waals surface area contributed by atoms with Crippen LogP contribution in [0.3, 0.4) is 0 Å². The summed E-state index contributed by atoms with van der Waals surface area (Å²) in [6.07, 6.45) is 3.15. The number of amides is 1. The molecule has 0 unspecified atom stereocenters. The molecule has 1 aliphatic heterocycles. The molecule has 1 saturated heterocycles. The Kier molecular flexibility index (Phi) is 15.1. The van der Waals surface area contributed by atoms with E-state index >= 15 is 0 Å². The van der Waals surface area contributed by atoms with Gasteiger partial charge in [-0.15, -0.1) is 24.8 Å². The lowest BCUT2D eigenvalue weighted by Crippen LogP contribution is -2.54. The lowest BCUT2D eigenvalue weighted by atomic mass is 9.86. The van der Waals surface area contributed by atoms with Gasteiger partial charge in [-0.25, -0.2) is 9.97 Å².